The minimum atomic E-state index is 0.595. The van der Waals surface area contributed by atoms with E-state index >= 15 is 0 Å². The van der Waals surface area contributed by atoms with Crippen molar-refractivity contribution in [2.45, 2.75) is 13.3 Å². The first-order chi connectivity index (χ1) is 43.0. The van der Waals surface area contributed by atoms with Gasteiger partial charge in [0.1, 0.15) is 0 Å². The first kappa shape index (κ1) is 86.8. The SMILES string of the molecule is CCCN(CCN)CCN(CCN(CCN)CCN)CCN(CCN(CCN(CCN)CCN)CCN(CCN)CCN)CCN(CCN(CCN(CCN)CCN)CCN(CCN)CCN)CCN(CCN(CCN)CCN)CCN(CCN)CCN. The van der Waals surface area contributed by atoms with Gasteiger partial charge in [-0.05, 0) is 13.0 Å². The summed E-state index contributed by atoms with van der Waals surface area (Å²) >= 11 is 0. The van der Waals surface area contributed by atoms with Crippen molar-refractivity contribution >= 4 is 0 Å². The molecule has 0 unspecified atom stereocenters. The first-order valence-electron chi connectivity index (χ1n) is 34.6. The second-order valence-corrected chi connectivity index (χ2v) is 23.6. The van der Waals surface area contributed by atoms with Crippen LogP contribution in [0.15, 0.2) is 0 Å². The van der Waals surface area contributed by atoms with Crippen molar-refractivity contribution in [3.05, 3.63) is 0 Å². The third kappa shape index (κ3) is 47.7. The highest BCUT2D eigenvalue weighted by molar-refractivity contribution is 4.78. The summed E-state index contributed by atoms with van der Waals surface area (Å²) in [6, 6.07) is 0. The number of hydrogen-bond donors (Lipinski definition) is 15. The average Bonchev–Trinajstić information content (AvgIpc) is 3.51. The maximum absolute atomic E-state index is 6.18. The predicted octanol–water partition coefficient (Wildman–Crippen LogP) is -10.00. The quantitative estimate of drug-likeness (QED) is 0.0269. The molecule has 0 fully saturated rings. The van der Waals surface area contributed by atoms with E-state index in [2.05, 4.69) is 75.5 Å². The fraction of sp³-hybridized carbons (Fsp3) is 1.00. The molecule has 0 aromatic rings. The molecule has 0 aliphatic heterocycles. The number of nitrogens with zero attached hydrogens (tertiary/aromatic N) is 14. The van der Waals surface area contributed by atoms with Crippen molar-refractivity contribution < 1.29 is 0 Å². The van der Waals surface area contributed by atoms with Crippen LogP contribution in [0, 0.1) is 0 Å². The lowest BCUT2D eigenvalue weighted by Crippen LogP contribution is -2.50. The minimum absolute atomic E-state index is 0.595. The van der Waals surface area contributed by atoms with Crippen LogP contribution >= 0.6 is 0 Å². The van der Waals surface area contributed by atoms with Gasteiger partial charge in [-0.25, -0.2) is 0 Å². The van der Waals surface area contributed by atoms with Crippen molar-refractivity contribution in [3.8, 4) is 0 Å². The van der Waals surface area contributed by atoms with Crippen LogP contribution in [-0.4, -0.2) is 442 Å². The van der Waals surface area contributed by atoms with Crippen LogP contribution in [0.25, 0.3) is 0 Å². The Bertz CT molecular complexity index is 1090. The normalized spacial score (nSPS) is 12.8. The zero-order valence-corrected chi connectivity index (χ0v) is 56.9. The third-order valence-electron chi connectivity index (χ3n) is 16.7. The third-order valence-corrected chi connectivity index (χ3v) is 16.7. The molecule has 0 saturated heterocycles. The summed E-state index contributed by atoms with van der Waals surface area (Å²) in [4.78, 5) is 35.4. The van der Waals surface area contributed by atoms with E-state index < -0.39 is 0 Å². The van der Waals surface area contributed by atoms with E-state index in [-0.39, 0.29) is 0 Å². The Balaban J connectivity index is 7.80. The summed E-state index contributed by atoms with van der Waals surface area (Å²) in [6.45, 7) is 48.3. The standard InChI is InChI=1S/C59H149N29/c1-2-18-75(19-3-60)34-42-83(43-35-76(20-4-61)21-5-62)50-54-87(55-51-84(44-36-77(22-6-63)23-7-64)45-37-78(24-8-65)25-9-66)58-59-88(56-52-85(46-38-79(26-10-67)27-11-68)47-39-80(28-12-69)29-13-70)57-53-86(48-40-81(30-14-71)31-15-72)49-41-82(32-16-73)33-17-74/h2-74H2,1H3. The summed E-state index contributed by atoms with van der Waals surface area (Å²) in [6.07, 6.45) is 1.09. The lowest BCUT2D eigenvalue weighted by Gasteiger charge is -2.36. The van der Waals surface area contributed by atoms with Gasteiger partial charge in [-0.3, -0.25) is 63.7 Å². The summed E-state index contributed by atoms with van der Waals surface area (Å²) < 4.78 is 0. The summed E-state index contributed by atoms with van der Waals surface area (Å²) in [5.74, 6) is 0. The van der Waals surface area contributed by atoms with Crippen LogP contribution in [0.2, 0.25) is 0 Å². The van der Waals surface area contributed by atoms with E-state index in [0.717, 1.165) is 281 Å². The number of hydrogen-bond acceptors (Lipinski definition) is 29. The van der Waals surface area contributed by atoms with Gasteiger partial charge in [-0.1, -0.05) is 6.92 Å². The van der Waals surface area contributed by atoms with Crippen molar-refractivity contribution in [1.29, 1.82) is 0 Å². The Morgan fingerprint density at radius 3 is 0.250 bits per heavy atom. The van der Waals surface area contributed by atoms with Crippen LogP contribution < -0.4 is 86.0 Å². The molecule has 0 saturated carbocycles. The van der Waals surface area contributed by atoms with Gasteiger partial charge in [0.2, 0.25) is 0 Å². The maximum atomic E-state index is 6.18. The molecule has 0 heterocycles. The molecule has 0 bridgehead atoms. The second kappa shape index (κ2) is 63.2. The van der Waals surface area contributed by atoms with Crippen molar-refractivity contribution in [3.63, 3.8) is 0 Å². The van der Waals surface area contributed by atoms with Crippen molar-refractivity contribution in [2.75, 3.05) is 373 Å². The molecule has 0 rings (SSSR count). The van der Waals surface area contributed by atoms with Gasteiger partial charge >= 0.3 is 0 Å². The van der Waals surface area contributed by atoms with Gasteiger partial charge in [-0.2, -0.15) is 0 Å². The van der Waals surface area contributed by atoms with Crippen molar-refractivity contribution in [2.24, 2.45) is 86.0 Å². The van der Waals surface area contributed by atoms with Crippen LogP contribution in [-0.2, 0) is 0 Å². The minimum Gasteiger partial charge on any atom is -0.329 e. The van der Waals surface area contributed by atoms with Gasteiger partial charge in [0.15, 0.2) is 0 Å². The highest BCUT2D eigenvalue weighted by Crippen LogP contribution is 2.06. The Morgan fingerprint density at radius 2 is 0.182 bits per heavy atom. The molecule has 0 aromatic carbocycles. The first-order valence-corrected chi connectivity index (χ1v) is 34.6. The summed E-state index contributed by atoms with van der Waals surface area (Å²) in [5.41, 5.74) is 92.2. The van der Waals surface area contributed by atoms with Gasteiger partial charge in [-0.15, -0.1) is 0 Å². The molecule has 0 atom stereocenters. The average molecular weight is 1270 g/mol. The zero-order chi connectivity index (χ0) is 65.1. The fourth-order valence-electron chi connectivity index (χ4n) is 11.4. The van der Waals surface area contributed by atoms with E-state index in [1.54, 1.807) is 0 Å². The number of rotatable bonds is 71. The Morgan fingerprint density at radius 1 is 0.114 bits per heavy atom. The Hall–Kier alpha value is -1.16. The molecule has 530 valence electrons. The molecular weight excluding hydrogens is 1110 g/mol. The Kier molecular flexibility index (Phi) is 62.4. The molecule has 0 radical (unpaired) electrons. The summed E-state index contributed by atoms with van der Waals surface area (Å²) in [5, 5.41) is 0. The van der Waals surface area contributed by atoms with Crippen LogP contribution in [0.4, 0.5) is 0 Å². The lowest BCUT2D eigenvalue weighted by molar-refractivity contribution is 0.115. The zero-order valence-electron chi connectivity index (χ0n) is 56.9. The molecule has 0 aliphatic rings. The highest BCUT2D eigenvalue weighted by atomic mass is 15.3. The van der Waals surface area contributed by atoms with E-state index in [1.165, 1.54) is 0 Å². The molecule has 29 nitrogen and oxygen atoms in total. The van der Waals surface area contributed by atoms with E-state index in [0.29, 0.717) is 98.2 Å². The molecule has 88 heavy (non-hydrogen) atoms. The predicted molar refractivity (Wildman–Crippen MR) is 376 cm³/mol. The number of nitrogens with two attached hydrogens (primary N) is 15. The lowest BCUT2D eigenvalue weighted by atomic mass is 10.3. The van der Waals surface area contributed by atoms with Gasteiger partial charge in [0, 0.05) is 367 Å². The molecule has 0 amide bonds. The monoisotopic (exact) mass is 1260 g/mol. The second-order valence-electron chi connectivity index (χ2n) is 23.6. The smallest absolute Gasteiger partial charge is 0.0110 e. The topological polar surface area (TPSA) is 436 Å². The van der Waals surface area contributed by atoms with Crippen LogP contribution in [0.5, 0.6) is 0 Å². The van der Waals surface area contributed by atoms with Gasteiger partial charge in [0.25, 0.3) is 0 Å². The van der Waals surface area contributed by atoms with E-state index in [9.17, 15) is 0 Å². The molecule has 30 N–H and O–H groups in total. The van der Waals surface area contributed by atoms with Crippen molar-refractivity contribution in [1.82, 2.24) is 68.6 Å². The fourth-order valence-corrected chi connectivity index (χ4v) is 11.4. The maximum Gasteiger partial charge on any atom is 0.0110 e. The van der Waals surface area contributed by atoms with Gasteiger partial charge < -0.3 is 90.9 Å². The molecular formula is C59H149N29. The van der Waals surface area contributed by atoms with Gasteiger partial charge in [0.05, 0.1) is 0 Å². The van der Waals surface area contributed by atoms with E-state index in [1.807, 2.05) is 0 Å². The largest absolute Gasteiger partial charge is 0.329 e. The highest BCUT2D eigenvalue weighted by Gasteiger charge is 2.21. The molecule has 0 spiro atoms. The molecule has 29 heteroatoms. The molecule has 0 aliphatic carbocycles. The molecule has 0 aromatic heterocycles. The van der Waals surface area contributed by atoms with Crippen LogP contribution in [0.1, 0.15) is 13.3 Å². The van der Waals surface area contributed by atoms with E-state index in [4.69, 9.17) is 86.0 Å². The Labute approximate surface area is 539 Å². The van der Waals surface area contributed by atoms with Crippen LogP contribution in [0.3, 0.4) is 0 Å². The summed E-state index contributed by atoms with van der Waals surface area (Å²) in [7, 11) is 0.